The van der Waals surface area contributed by atoms with Crippen molar-refractivity contribution in [3.8, 4) is 0 Å². The van der Waals surface area contributed by atoms with Crippen LogP contribution in [0.3, 0.4) is 0 Å². The summed E-state index contributed by atoms with van der Waals surface area (Å²) < 4.78 is 5.47. The van der Waals surface area contributed by atoms with Crippen LogP contribution in [0.25, 0.3) is 0 Å². The topological polar surface area (TPSA) is 96.7 Å². The maximum Gasteiger partial charge on any atom is 0.208 e. The van der Waals surface area contributed by atoms with Gasteiger partial charge in [0.25, 0.3) is 0 Å². The molecule has 0 aliphatic heterocycles. The van der Waals surface area contributed by atoms with Gasteiger partial charge in [-0.05, 0) is 6.42 Å². The van der Waals surface area contributed by atoms with Crippen molar-refractivity contribution in [1.82, 2.24) is 10.3 Å². The van der Waals surface area contributed by atoms with Gasteiger partial charge >= 0.3 is 0 Å². The first kappa shape index (κ1) is 13.5. The number of nitrogens with one attached hydrogen (secondary N) is 1. The molecule has 1 atom stereocenters. The maximum absolute atomic E-state index is 8.50. The van der Waals surface area contributed by atoms with E-state index in [9.17, 15) is 0 Å². The second-order valence-electron chi connectivity index (χ2n) is 3.86. The van der Waals surface area contributed by atoms with Crippen molar-refractivity contribution in [1.29, 1.82) is 0 Å². The van der Waals surface area contributed by atoms with Gasteiger partial charge in [0.15, 0.2) is 0 Å². The number of hydrogen-bond acceptors (Lipinski definition) is 5. The highest BCUT2D eigenvalue weighted by Crippen LogP contribution is 2.05. The van der Waals surface area contributed by atoms with Gasteiger partial charge in [-0.1, -0.05) is 19.0 Å². The minimum atomic E-state index is 0.155. The number of nitrogens with zero attached hydrogens (tertiary/aromatic N) is 2. The molecule has 0 spiro atoms. The van der Waals surface area contributed by atoms with E-state index in [1.54, 1.807) is 6.20 Å². The molecule has 1 heterocycles. The molecule has 0 saturated heterocycles. The smallest absolute Gasteiger partial charge is 0.208 e. The van der Waals surface area contributed by atoms with Crippen molar-refractivity contribution >= 4 is 5.84 Å². The third-order valence-corrected chi connectivity index (χ3v) is 2.57. The Morgan fingerprint density at radius 1 is 1.65 bits per heavy atom. The predicted octanol–water partition coefficient (Wildman–Crippen LogP) is 1.24. The van der Waals surface area contributed by atoms with Gasteiger partial charge < -0.3 is 20.7 Å². The van der Waals surface area contributed by atoms with Crippen molar-refractivity contribution in [3.05, 3.63) is 17.8 Å². The van der Waals surface area contributed by atoms with Crippen molar-refractivity contribution in [2.45, 2.75) is 45.7 Å². The standard InChI is InChI=1S/C11H20N4O2/c1-3-8(5-10(12)15-16)13-7-11-14-6-9(4-2)17-11/h6,8,13,16H,3-5,7H2,1-2H3,(H2,12,15). The third kappa shape index (κ3) is 4.44. The number of amidine groups is 1. The maximum atomic E-state index is 8.50. The number of oxazole rings is 1. The highest BCUT2D eigenvalue weighted by atomic mass is 16.4. The molecular formula is C11H20N4O2. The molecule has 1 aromatic heterocycles. The van der Waals surface area contributed by atoms with E-state index < -0.39 is 0 Å². The summed E-state index contributed by atoms with van der Waals surface area (Å²) in [5.41, 5.74) is 5.46. The van der Waals surface area contributed by atoms with E-state index in [0.717, 1.165) is 18.6 Å². The number of hydrogen-bond donors (Lipinski definition) is 3. The SMILES string of the molecule is CCc1cnc(CNC(CC)C/C(N)=N/O)o1. The van der Waals surface area contributed by atoms with Gasteiger partial charge in [0.1, 0.15) is 11.6 Å². The Morgan fingerprint density at radius 2 is 2.41 bits per heavy atom. The van der Waals surface area contributed by atoms with Crippen LogP contribution >= 0.6 is 0 Å². The average molecular weight is 240 g/mol. The lowest BCUT2D eigenvalue weighted by Crippen LogP contribution is -2.32. The van der Waals surface area contributed by atoms with E-state index >= 15 is 0 Å². The Labute approximate surface area is 101 Å². The fourth-order valence-corrected chi connectivity index (χ4v) is 1.48. The zero-order valence-corrected chi connectivity index (χ0v) is 10.3. The number of oxime groups is 1. The summed E-state index contributed by atoms with van der Waals surface area (Å²) in [6.45, 7) is 4.61. The molecule has 6 nitrogen and oxygen atoms in total. The van der Waals surface area contributed by atoms with Gasteiger partial charge in [0.05, 0.1) is 12.7 Å². The molecular weight excluding hydrogens is 220 g/mol. The molecule has 0 aliphatic rings. The second kappa shape index (κ2) is 6.90. The van der Waals surface area contributed by atoms with Crippen LogP contribution in [0.4, 0.5) is 0 Å². The first-order valence-electron chi connectivity index (χ1n) is 5.82. The number of rotatable bonds is 7. The van der Waals surface area contributed by atoms with Crippen LogP contribution in [-0.4, -0.2) is 22.1 Å². The van der Waals surface area contributed by atoms with Crippen LogP contribution in [0.1, 0.15) is 38.3 Å². The van der Waals surface area contributed by atoms with Gasteiger partial charge in [-0.3, -0.25) is 0 Å². The molecule has 1 unspecified atom stereocenters. The van der Waals surface area contributed by atoms with E-state index in [4.69, 9.17) is 15.4 Å². The lowest BCUT2D eigenvalue weighted by Gasteiger charge is -2.14. The Hall–Kier alpha value is -1.56. The summed E-state index contributed by atoms with van der Waals surface area (Å²) in [4.78, 5) is 4.15. The summed E-state index contributed by atoms with van der Waals surface area (Å²) in [6, 6.07) is 0.155. The lowest BCUT2D eigenvalue weighted by molar-refractivity contribution is 0.315. The minimum absolute atomic E-state index is 0.155. The zero-order valence-electron chi connectivity index (χ0n) is 10.3. The van der Waals surface area contributed by atoms with E-state index in [-0.39, 0.29) is 11.9 Å². The molecule has 4 N–H and O–H groups in total. The zero-order chi connectivity index (χ0) is 12.7. The van der Waals surface area contributed by atoms with Gasteiger partial charge in [-0.15, -0.1) is 0 Å². The molecule has 1 rings (SSSR count). The van der Waals surface area contributed by atoms with Gasteiger partial charge in [-0.2, -0.15) is 0 Å². The molecule has 0 aliphatic carbocycles. The van der Waals surface area contributed by atoms with Crippen LogP contribution in [0.2, 0.25) is 0 Å². The van der Waals surface area contributed by atoms with Crippen LogP contribution in [0, 0.1) is 0 Å². The van der Waals surface area contributed by atoms with Crippen LogP contribution < -0.4 is 11.1 Å². The summed E-state index contributed by atoms with van der Waals surface area (Å²) >= 11 is 0. The summed E-state index contributed by atoms with van der Waals surface area (Å²) in [7, 11) is 0. The highest BCUT2D eigenvalue weighted by molar-refractivity contribution is 5.80. The van der Waals surface area contributed by atoms with Gasteiger partial charge in [0.2, 0.25) is 5.89 Å². The Kier molecular flexibility index (Phi) is 5.48. The molecule has 0 bridgehead atoms. The Bertz CT molecular complexity index is 362. The van der Waals surface area contributed by atoms with Crippen LogP contribution in [-0.2, 0) is 13.0 Å². The minimum Gasteiger partial charge on any atom is -0.444 e. The highest BCUT2D eigenvalue weighted by Gasteiger charge is 2.10. The monoisotopic (exact) mass is 240 g/mol. The van der Waals surface area contributed by atoms with E-state index in [1.807, 2.05) is 13.8 Å². The van der Waals surface area contributed by atoms with E-state index in [2.05, 4.69) is 15.5 Å². The van der Waals surface area contributed by atoms with Crippen LogP contribution in [0.15, 0.2) is 15.8 Å². The number of nitrogens with two attached hydrogens (primary N) is 1. The lowest BCUT2D eigenvalue weighted by atomic mass is 10.1. The van der Waals surface area contributed by atoms with Crippen molar-refractivity contribution in [3.63, 3.8) is 0 Å². The van der Waals surface area contributed by atoms with Crippen molar-refractivity contribution in [2.24, 2.45) is 10.9 Å². The molecule has 0 saturated carbocycles. The van der Waals surface area contributed by atoms with E-state index in [1.165, 1.54) is 0 Å². The normalized spacial score (nSPS) is 13.9. The first-order valence-corrected chi connectivity index (χ1v) is 5.82. The predicted molar refractivity (Wildman–Crippen MR) is 64.8 cm³/mol. The molecule has 96 valence electrons. The summed E-state index contributed by atoms with van der Waals surface area (Å²) in [5, 5.41) is 14.7. The Balaban J connectivity index is 2.41. The average Bonchev–Trinajstić information content (AvgIpc) is 2.82. The van der Waals surface area contributed by atoms with Gasteiger partial charge in [-0.25, -0.2) is 4.98 Å². The number of aromatic nitrogens is 1. The fourth-order valence-electron chi connectivity index (χ4n) is 1.48. The molecule has 17 heavy (non-hydrogen) atoms. The molecule has 6 heteroatoms. The molecule has 1 aromatic rings. The second-order valence-corrected chi connectivity index (χ2v) is 3.86. The molecule has 0 fully saturated rings. The van der Waals surface area contributed by atoms with E-state index in [0.29, 0.717) is 18.9 Å². The largest absolute Gasteiger partial charge is 0.444 e. The fraction of sp³-hybridized carbons (Fsp3) is 0.636. The van der Waals surface area contributed by atoms with Crippen molar-refractivity contribution < 1.29 is 9.62 Å². The van der Waals surface area contributed by atoms with Gasteiger partial charge in [0, 0.05) is 18.9 Å². The van der Waals surface area contributed by atoms with Crippen LogP contribution in [0.5, 0.6) is 0 Å². The molecule has 0 radical (unpaired) electrons. The quantitative estimate of drug-likeness (QED) is 0.288. The molecule has 0 aromatic carbocycles. The number of aryl methyl sites for hydroxylation is 1. The Morgan fingerprint density at radius 3 is 2.94 bits per heavy atom. The molecule has 0 amide bonds. The summed E-state index contributed by atoms with van der Waals surface area (Å²) in [5.74, 6) is 1.78. The summed E-state index contributed by atoms with van der Waals surface area (Å²) in [6.07, 6.45) is 3.97. The third-order valence-electron chi connectivity index (χ3n) is 2.57. The van der Waals surface area contributed by atoms with Crippen molar-refractivity contribution in [2.75, 3.05) is 0 Å². The first-order chi connectivity index (χ1) is 8.19.